The van der Waals surface area contributed by atoms with Crippen LogP contribution in [0, 0.1) is 5.92 Å². The normalized spacial score (nSPS) is 14.1. The molecule has 102 valence electrons. The fraction of sp³-hybridized carbons (Fsp3) is 0.235. The number of carbonyl (C=O) groups excluding carboxylic acids is 1. The highest BCUT2D eigenvalue weighted by Crippen LogP contribution is 2.33. The Balaban J connectivity index is 1.69. The Kier molecular flexibility index (Phi) is 3.79. The van der Waals surface area contributed by atoms with E-state index in [1.807, 2.05) is 37.4 Å². The van der Waals surface area contributed by atoms with Gasteiger partial charge in [0.15, 0.2) is 0 Å². The molecule has 0 aromatic heterocycles. The molecule has 2 nitrogen and oxygen atoms in total. The summed E-state index contributed by atoms with van der Waals surface area (Å²) in [5.74, 6) is 0.506. The summed E-state index contributed by atoms with van der Waals surface area (Å²) in [7, 11) is 1.86. The van der Waals surface area contributed by atoms with Crippen LogP contribution in [-0.2, 0) is 4.79 Å². The van der Waals surface area contributed by atoms with Crippen LogP contribution in [0.25, 0.3) is 0 Å². The monoisotopic (exact) mass is 283 g/mol. The Morgan fingerprint density at radius 3 is 2.20 bits per heavy atom. The highest BCUT2D eigenvalue weighted by molar-refractivity contribution is 7.99. The second kappa shape index (κ2) is 5.71. The van der Waals surface area contributed by atoms with Gasteiger partial charge in [-0.2, -0.15) is 0 Å². The molecule has 0 radical (unpaired) electrons. The third-order valence-corrected chi connectivity index (χ3v) is 4.48. The zero-order chi connectivity index (χ0) is 13.9. The van der Waals surface area contributed by atoms with E-state index in [1.165, 1.54) is 9.79 Å². The molecular formula is C17H17NOS. The summed E-state index contributed by atoms with van der Waals surface area (Å²) in [6, 6.07) is 18.5. The maximum atomic E-state index is 12.0. The summed E-state index contributed by atoms with van der Waals surface area (Å²) in [6.07, 6.45) is 2.09. The van der Waals surface area contributed by atoms with Gasteiger partial charge >= 0.3 is 0 Å². The van der Waals surface area contributed by atoms with E-state index in [4.69, 9.17) is 0 Å². The van der Waals surface area contributed by atoms with E-state index < -0.39 is 0 Å². The third kappa shape index (κ3) is 3.05. The van der Waals surface area contributed by atoms with Crippen molar-refractivity contribution in [2.75, 3.05) is 11.9 Å². The predicted octanol–water partition coefficient (Wildman–Crippen LogP) is 4.21. The van der Waals surface area contributed by atoms with Gasteiger partial charge in [0.05, 0.1) is 0 Å². The molecule has 0 bridgehead atoms. The smallest absolute Gasteiger partial charge is 0.229 e. The molecule has 1 amide bonds. The molecule has 1 aliphatic carbocycles. The van der Waals surface area contributed by atoms with Crippen molar-refractivity contribution in [2.45, 2.75) is 22.6 Å². The standard InChI is InChI=1S/C17H17NOS/c1-18(17(19)13-7-8-13)14-9-11-16(12-10-14)20-15-5-3-2-4-6-15/h2-6,9-13H,7-8H2,1H3. The lowest BCUT2D eigenvalue weighted by molar-refractivity contribution is -0.119. The SMILES string of the molecule is CN(C(=O)C1CC1)c1ccc(Sc2ccccc2)cc1. The molecule has 0 heterocycles. The van der Waals surface area contributed by atoms with Gasteiger partial charge < -0.3 is 4.90 Å². The molecule has 0 saturated heterocycles. The molecular weight excluding hydrogens is 266 g/mol. The first kappa shape index (κ1) is 13.3. The number of benzene rings is 2. The van der Waals surface area contributed by atoms with Crippen molar-refractivity contribution >= 4 is 23.4 Å². The number of anilines is 1. The fourth-order valence-corrected chi connectivity index (χ4v) is 2.93. The molecule has 2 aromatic rings. The van der Waals surface area contributed by atoms with E-state index in [1.54, 1.807) is 16.7 Å². The van der Waals surface area contributed by atoms with Crippen molar-refractivity contribution in [2.24, 2.45) is 5.92 Å². The third-order valence-electron chi connectivity index (χ3n) is 3.46. The Morgan fingerprint density at radius 2 is 1.60 bits per heavy atom. The minimum absolute atomic E-state index is 0.244. The van der Waals surface area contributed by atoms with Crippen molar-refractivity contribution < 1.29 is 4.79 Å². The van der Waals surface area contributed by atoms with Gasteiger partial charge in [0.1, 0.15) is 0 Å². The van der Waals surface area contributed by atoms with Gasteiger partial charge in [-0.15, -0.1) is 0 Å². The van der Waals surface area contributed by atoms with Crippen LogP contribution in [0.4, 0.5) is 5.69 Å². The largest absolute Gasteiger partial charge is 0.315 e. The molecule has 1 aliphatic rings. The van der Waals surface area contributed by atoms with E-state index in [9.17, 15) is 4.79 Å². The van der Waals surface area contributed by atoms with Gasteiger partial charge in [-0.25, -0.2) is 0 Å². The summed E-state index contributed by atoms with van der Waals surface area (Å²) >= 11 is 1.73. The minimum atomic E-state index is 0.244. The van der Waals surface area contributed by atoms with E-state index in [0.29, 0.717) is 0 Å². The van der Waals surface area contributed by atoms with Crippen LogP contribution in [0.5, 0.6) is 0 Å². The predicted molar refractivity (Wildman–Crippen MR) is 83.1 cm³/mol. The molecule has 0 atom stereocenters. The quantitative estimate of drug-likeness (QED) is 0.837. The summed E-state index contributed by atoms with van der Waals surface area (Å²) in [5.41, 5.74) is 0.972. The second-order valence-electron chi connectivity index (χ2n) is 5.08. The highest BCUT2D eigenvalue weighted by atomic mass is 32.2. The van der Waals surface area contributed by atoms with Crippen LogP contribution < -0.4 is 4.90 Å². The summed E-state index contributed by atoms with van der Waals surface area (Å²) in [4.78, 5) is 16.2. The molecule has 2 aromatic carbocycles. The molecule has 3 heteroatoms. The van der Waals surface area contributed by atoms with Crippen molar-refractivity contribution in [3.05, 3.63) is 54.6 Å². The molecule has 0 aliphatic heterocycles. The van der Waals surface area contributed by atoms with E-state index in [2.05, 4.69) is 24.3 Å². The average molecular weight is 283 g/mol. The van der Waals surface area contributed by atoms with Crippen molar-refractivity contribution in [3.8, 4) is 0 Å². The van der Waals surface area contributed by atoms with Crippen molar-refractivity contribution in [3.63, 3.8) is 0 Å². The maximum Gasteiger partial charge on any atom is 0.229 e. The second-order valence-corrected chi connectivity index (χ2v) is 6.23. The summed E-state index contributed by atoms with van der Waals surface area (Å²) in [5, 5.41) is 0. The highest BCUT2D eigenvalue weighted by Gasteiger charge is 2.32. The summed E-state index contributed by atoms with van der Waals surface area (Å²) < 4.78 is 0. The lowest BCUT2D eigenvalue weighted by atomic mass is 10.2. The van der Waals surface area contributed by atoms with Crippen molar-refractivity contribution in [1.82, 2.24) is 0 Å². The fourth-order valence-electron chi connectivity index (χ4n) is 2.09. The first-order valence-electron chi connectivity index (χ1n) is 6.84. The van der Waals surface area contributed by atoms with Gasteiger partial charge in [0.25, 0.3) is 0 Å². The van der Waals surface area contributed by atoms with E-state index >= 15 is 0 Å². The summed E-state index contributed by atoms with van der Waals surface area (Å²) in [6.45, 7) is 0. The maximum absolute atomic E-state index is 12.0. The topological polar surface area (TPSA) is 20.3 Å². The number of amides is 1. The van der Waals surface area contributed by atoms with Crippen LogP contribution >= 0.6 is 11.8 Å². The van der Waals surface area contributed by atoms with Gasteiger partial charge in [-0.1, -0.05) is 30.0 Å². The Bertz CT molecular complexity index is 590. The number of hydrogen-bond donors (Lipinski definition) is 0. The van der Waals surface area contributed by atoms with Gasteiger partial charge in [0, 0.05) is 28.4 Å². The van der Waals surface area contributed by atoms with Crippen LogP contribution in [0.1, 0.15) is 12.8 Å². The molecule has 3 rings (SSSR count). The zero-order valence-corrected chi connectivity index (χ0v) is 12.3. The van der Waals surface area contributed by atoms with Crippen LogP contribution in [0.2, 0.25) is 0 Å². The van der Waals surface area contributed by atoms with Crippen LogP contribution in [0.3, 0.4) is 0 Å². The van der Waals surface area contributed by atoms with Crippen LogP contribution in [-0.4, -0.2) is 13.0 Å². The van der Waals surface area contributed by atoms with Gasteiger partial charge in [0.2, 0.25) is 5.91 Å². The van der Waals surface area contributed by atoms with Crippen molar-refractivity contribution in [1.29, 1.82) is 0 Å². The van der Waals surface area contributed by atoms with Crippen LogP contribution in [0.15, 0.2) is 64.4 Å². The number of carbonyl (C=O) groups is 1. The Morgan fingerprint density at radius 1 is 1.00 bits per heavy atom. The first-order chi connectivity index (χ1) is 9.74. The number of hydrogen-bond acceptors (Lipinski definition) is 2. The zero-order valence-electron chi connectivity index (χ0n) is 11.5. The van der Waals surface area contributed by atoms with E-state index in [0.717, 1.165) is 18.5 Å². The Hall–Kier alpha value is -1.74. The van der Waals surface area contributed by atoms with Gasteiger partial charge in [-0.05, 0) is 49.2 Å². The lowest BCUT2D eigenvalue weighted by Gasteiger charge is -2.17. The first-order valence-corrected chi connectivity index (χ1v) is 7.66. The molecule has 0 spiro atoms. The lowest BCUT2D eigenvalue weighted by Crippen LogP contribution is -2.27. The average Bonchev–Trinajstić information content (AvgIpc) is 3.32. The molecule has 20 heavy (non-hydrogen) atoms. The van der Waals surface area contributed by atoms with Gasteiger partial charge in [-0.3, -0.25) is 4.79 Å². The molecule has 1 saturated carbocycles. The number of rotatable bonds is 4. The molecule has 0 N–H and O–H groups in total. The van der Waals surface area contributed by atoms with E-state index in [-0.39, 0.29) is 11.8 Å². The Labute approximate surface area is 123 Å². The molecule has 1 fully saturated rings. The minimum Gasteiger partial charge on any atom is -0.315 e. The number of nitrogens with zero attached hydrogens (tertiary/aromatic N) is 1. The molecule has 0 unspecified atom stereocenters.